The Kier molecular flexibility index (Phi) is 3.68. The largest absolute Gasteiger partial charge is 0.396 e. The van der Waals surface area contributed by atoms with Gasteiger partial charge in [-0.15, -0.1) is 0 Å². The van der Waals surface area contributed by atoms with Crippen molar-refractivity contribution in [3.8, 4) is 0 Å². The van der Waals surface area contributed by atoms with Gasteiger partial charge in [0.05, 0.1) is 6.61 Å². The van der Waals surface area contributed by atoms with Crippen LogP contribution in [0, 0.1) is 16.7 Å². The van der Waals surface area contributed by atoms with Crippen molar-refractivity contribution in [2.75, 3.05) is 6.61 Å². The first-order valence-electron chi connectivity index (χ1n) is 4.76. The van der Waals surface area contributed by atoms with Gasteiger partial charge in [-0.1, -0.05) is 41.5 Å². The number of Topliss-reactive ketones (excluding diaryl/α,β-unsaturated/α-hetero) is 1. The zero-order valence-electron chi connectivity index (χ0n) is 9.64. The molecule has 0 aliphatic carbocycles. The van der Waals surface area contributed by atoms with E-state index in [1.807, 2.05) is 41.5 Å². The maximum Gasteiger partial charge on any atom is 0.144 e. The van der Waals surface area contributed by atoms with Gasteiger partial charge in [-0.2, -0.15) is 0 Å². The Morgan fingerprint density at radius 3 is 1.62 bits per heavy atom. The minimum absolute atomic E-state index is 0.0559. The predicted octanol–water partition coefficient (Wildman–Crippen LogP) is 2.26. The quantitative estimate of drug-likeness (QED) is 0.718. The van der Waals surface area contributed by atoms with Gasteiger partial charge in [0.1, 0.15) is 5.78 Å². The van der Waals surface area contributed by atoms with Gasteiger partial charge in [0.15, 0.2) is 0 Å². The molecule has 0 bridgehead atoms. The first-order chi connectivity index (χ1) is 5.60. The molecule has 2 heteroatoms. The van der Waals surface area contributed by atoms with E-state index in [0.29, 0.717) is 0 Å². The monoisotopic (exact) mass is 186 g/mol. The third-order valence-electron chi connectivity index (χ3n) is 2.28. The molecular weight excluding hydrogens is 164 g/mol. The minimum Gasteiger partial charge on any atom is -0.396 e. The minimum atomic E-state index is -0.360. The van der Waals surface area contributed by atoms with E-state index >= 15 is 0 Å². The lowest BCUT2D eigenvalue weighted by Gasteiger charge is -2.32. The molecule has 1 N–H and O–H groups in total. The van der Waals surface area contributed by atoms with Gasteiger partial charge in [-0.3, -0.25) is 4.79 Å². The molecular formula is C11H22O2. The van der Waals surface area contributed by atoms with Gasteiger partial charge >= 0.3 is 0 Å². The molecule has 1 unspecified atom stereocenters. The summed E-state index contributed by atoms with van der Waals surface area (Å²) in [5, 5.41) is 9.17. The molecule has 0 fully saturated rings. The van der Waals surface area contributed by atoms with Gasteiger partial charge in [-0.05, 0) is 5.41 Å². The van der Waals surface area contributed by atoms with Crippen molar-refractivity contribution in [2.45, 2.75) is 41.5 Å². The molecule has 0 heterocycles. The lowest BCUT2D eigenvalue weighted by molar-refractivity contribution is -0.135. The van der Waals surface area contributed by atoms with Crippen molar-refractivity contribution in [3.63, 3.8) is 0 Å². The molecule has 0 radical (unpaired) electrons. The normalized spacial score (nSPS) is 15.6. The van der Waals surface area contributed by atoms with Crippen LogP contribution in [0.3, 0.4) is 0 Å². The number of ketones is 1. The maximum absolute atomic E-state index is 11.9. The summed E-state index contributed by atoms with van der Waals surface area (Å²) in [5.41, 5.74) is -0.514. The Labute approximate surface area is 81.3 Å². The molecule has 0 saturated carbocycles. The second kappa shape index (κ2) is 3.79. The maximum atomic E-state index is 11.9. The summed E-state index contributed by atoms with van der Waals surface area (Å²) >= 11 is 0. The molecule has 2 nitrogen and oxygen atoms in total. The number of aliphatic hydroxyl groups excluding tert-OH is 1. The van der Waals surface area contributed by atoms with Crippen molar-refractivity contribution in [2.24, 2.45) is 16.7 Å². The molecule has 0 rings (SSSR count). The van der Waals surface area contributed by atoms with E-state index in [9.17, 15) is 9.90 Å². The lowest BCUT2D eigenvalue weighted by Crippen LogP contribution is -2.38. The van der Waals surface area contributed by atoms with Gasteiger partial charge in [0, 0.05) is 11.3 Å². The van der Waals surface area contributed by atoms with Crippen molar-refractivity contribution in [1.82, 2.24) is 0 Å². The Morgan fingerprint density at radius 1 is 1.15 bits per heavy atom. The average Bonchev–Trinajstić information content (AvgIpc) is 1.83. The van der Waals surface area contributed by atoms with Crippen molar-refractivity contribution in [1.29, 1.82) is 0 Å². The van der Waals surface area contributed by atoms with Crippen LogP contribution in [0.25, 0.3) is 0 Å². The molecule has 0 aliphatic rings. The Hall–Kier alpha value is -0.370. The molecule has 0 aromatic rings. The number of rotatable bonds is 2. The fourth-order valence-corrected chi connectivity index (χ4v) is 1.27. The van der Waals surface area contributed by atoms with Crippen molar-refractivity contribution in [3.05, 3.63) is 0 Å². The first-order valence-corrected chi connectivity index (χ1v) is 4.76. The van der Waals surface area contributed by atoms with Gasteiger partial charge < -0.3 is 5.11 Å². The molecule has 1 atom stereocenters. The highest BCUT2D eigenvalue weighted by molar-refractivity contribution is 5.86. The number of carbonyl (C=O) groups is 1. The Bertz CT molecular complexity index is 181. The average molecular weight is 186 g/mol. The zero-order valence-corrected chi connectivity index (χ0v) is 9.64. The van der Waals surface area contributed by atoms with Crippen LogP contribution in [0.5, 0.6) is 0 Å². The van der Waals surface area contributed by atoms with E-state index in [-0.39, 0.29) is 29.1 Å². The molecule has 0 aliphatic heterocycles. The molecule has 78 valence electrons. The first kappa shape index (κ1) is 12.6. The van der Waals surface area contributed by atoms with Gasteiger partial charge in [0.25, 0.3) is 0 Å². The van der Waals surface area contributed by atoms with E-state index in [0.717, 1.165) is 0 Å². The van der Waals surface area contributed by atoms with Crippen LogP contribution in [0.2, 0.25) is 0 Å². The van der Waals surface area contributed by atoms with Crippen LogP contribution in [-0.4, -0.2) is 17.5 Å². The second-order valence-electron chi connectivity index (χ2n) is 5.72. The summed E-state index contributed by atoms with van der Waals surface area (Å²) in [4.78, 5) is 11.9. The predicted molar refractivity (Wildman–Crippen MR) is 54.5 cm³/mol. The third-order valence-corrected chi connectivity index (χ3v) is 2.28. The highest BCUT2D eigenvalue weighted by Crippen LogP contribution is 2.32. The zero-order chi connectivity index (χ0) is 10.9. The summed E-state index contributed by atoms with van der Waals surface area (Å²) in [6.07, 6.45) is 0. The number of hydrogen-bond acceptors (Lipinski definition) is 2. The third kappa shape index (κ3) is 3.47. The lowest BCUT2D eigenvalue weighted by atomic mass is 9.71. The van der Waals surface area contributed by atoms with Crippen LogP contribution in [0.1, 0.15) is 41.5 Å². The van der Waals surface area contributed by atoms with E-state index in [2.05, 4.69) is 0 Å². The van der Waals surface area contributed by atoms with E-state index in [1.165, 1.54) is 0 Å². The molecule has 0 saturated heterocycles. The fraction of sp³-hybridized carbons (Fsp3) is 0.909. The van der Waals surface area contributed by atoms with E-state index in [1.54, 1.807) is 0 Å². The molecule has 0 amide bonds. The number of aliphatic hydroxyl groups is 1. The SMILES string of the molecule is CC(C)(C)C(=O)C(CO)C(C)(C)C. The summed E-state index contributed by atoms with van der Waals surface area (Å²) in [7, 11) is 0. The van der Waals surface area contributed by atoms with E-state index in [4.69, 9.17) is 0 Å². The van der Waals surface area contributed by atoms with Crippen LogP contribution in [0.15, 0.2) is 0 Å². The number of carbonyl (C=O) groups excluding carboxylic acids is 1. The topological polar surface area (TPSA) is 37.3 Å². The molecule has 0 spiro atoms. The molecule has 0 aromatic heterocycles. The van der Waals surface area contributed by atoms with Gasteiger partial charge in [0.2, 0.25) is 0 Å². The van der Waals surface area contributed by atoms with Crippen LogP contribution in [-0.2, 0) is 4.79 Å². The van der Waals surface area contributed by atoms with Gasteiger partial charge in [-0.25, -0.2) is 0 Å². The standard InChI is InChI=1S/C11H22O2/c1-10(2,3)8(7-12)9(13)11(4,5)6/h8,12H,7H2,1-6H3. The Morgan fingerprint density at radius 2 is 1.54 bits per heavy atom. The Balaban J connectivity index is 4.72. The van der Waals surface area contributed by atoms with Crippen molar-refractivity contribution < 1.29 is 9.90 Å². The number of hydrogen-bond donors (Lipinski definition) is 1. The van der Waals surface area contributed by atoms with Crippen LogP contribution < -0.4 is 0 Å². The van der Waals surface area contributed by atoms with Crippen molar-refractivity contribution >= 4 is 5.78 Å². The smallest absolute Gasteiger partial charge is 0.144 e. The summed E-state index contributed by atoms with van der Waals surface area (Å²) in [5.74, 6) is -0.116. The van der Waals surface area contributed by atoms with Crippen LogP contribution >= 0.6 is 0 Å². The summed E-state index contributed by atoms with van der Waals surface area (Å²) < 4.78 is 0. The van der Waals surface area contributed by atoms with Crippen LogP contribution in [0.4, 0.5) is 0 Å². The highest BCUT2D eigenvalue weighted by Gasteiger charge is 2.36. The fourth-order valence-electron chi connectivity index (χ4n) is 1.27. The summed E-state index contributed by atoms with van der Waals surface area (Å²) in [6.45, 7) is 11.6. The molecule has 0 aromatic carbocycles. The summed E-state index contributed by atoms with van der Waals surface area (Å²) in [6, 6.07) is 0. The molecule has 13 heavy (non-hydrogen) atoms. The second-order valence-corrected chi connectivity index (χ2v) is 5.72. The highest BCUT2D eigenvalue weighted by atomic mass is 16.3. The van der Waals surface area contributed by atoms with E-state index < -0.39 is 0 Å².